The highest BCUT2D eigenvalue weighted by Crippen LogP contribution is 2.61. The fourth-order valence-corrected chi connectivity index (χ4v) is 6.91. The first-order valence-corrected chi connectivity index (χ1v) is 12.5. The summed E-state index contributed by atoms with van der Waals surface area (Å²) in [5.74, 6) is -2.37. The van der Waals surface area contributed by atoms with Gasteiger partial charge in [0, 0.05) is 45.4 Å². The van der Waals surface area contributed by atoms with E-state index in [1.54, 1.807) is 12.1 Å². The molecular weight excluding hydrogens is 529 g/mol. The van der Waals surface area contributed by atoms with Crippen LogP contribution in [0.2, 0.25) is 0 Å². The second-order valence-corrected chi connectivity index (χ2v) is 10.5. The van der Waals surface area contributed by atoms with Gasteiger partial charge in [0.2, 0.25) is 5.91 Å². The van der Waals surface area contributed by atoms with Crippen LogP contribution in [0.25, 0.3) is 0 Å². The summed E-state index contributed by atoms with van der Waals surface area (Å²) in [5, 5.41) is 14.6. The van der Waals surface area contributed by atoms with Crippen LogP contribution >= 0.6 is 15.9 Å². The van der Waals surface area contributed by atoms with Crippen LogP contribution in [0.15, 0.2) is 71.2 Å². The molecule has 7 nitrogen and oxygen atoms in total. The number of non-ortho nitro benzene ring substituents is 1. The SMILES string of the molecule is O=C(c1ccc(F)cc1)C1C(c2cccc([N+](=O)[O-])c2)C2CCCN2[C@@]12C(=O)Nc1ccc(Br)cc12. The van der Waals surface area contributed by atoms with Crippen molar-refractivity contribution in [1.82, 2.24) is 4.90 Å². The lowest BCUT2D eigenvalue weighted by molar-refractivity contribution is -0.384. The fourth-order valence-electron chi connectivity index (χ4n) is 6.55. The van der Waals surface area contributed by atoms with Crippen molar-refractivity contribution in [3.63, 3.8) is 0 Å². The number of fused-ring (bicyclic) bond motifs is 4. The van der Waals surface area contributed by atoms with E-state index in [1.165, 1.54) is 36.4 Å². The van der Waals surface area contributed by atoms with E-state index in [2.05, 4.69) is 26.1 Å². The number of nitrogens with one attached hydrogen (secondary N) is 1. The van der Waals surface area contributed by atoms with Gasteiger partial charge in [-0.1, -0.05) is 28.1 Å². The summed E-state index contributed by atoms with van der Waals surface area (Å²) in [6.45, 7) is 0.614. The van der Waals surface area contributed by atoms with Crippen LogP contribution in [0.1, 0.15) is 40.2 Å². The molecule has 3 aliphatic heterocycles. The molecule has 0 bridgehead atoms. The second kappa shape index (κ2) is 8.31. The first-order valence-electron chi connectivity index (χ1n) is 11.7. The van der Waals surface area contributed by atoms with Crippen LogP contribution in [0.5, 0.6) is 0 Å². The predicted octanol–water partition coefficient (Wildman–Crippen LogP) is 5.40. The standard InChI is InChI=1S/C27H21BrFN3O4/c28-17-8-11-21-20(14-17)27(26(34)30-21)24(25(33)15-6-9-18(29)10-7-15)23(22-5-2-12-31(22)27)16-3-1-4-19(13-16)32(35)36/h1,3-4,6-11,13-14,22-24H,2,5,12H2,(H,30,34)/t22?,23?,24?,27-/m1/s1. The lowest BCUT2D eigenvalue weighted by Gasteiger charge is -2.37. The second-order valence-electron chi connectivity index (χ2n) is 9.54. The zero-order chi connectivity index (χ0) is 25.2. The van der Waals surface area contributed by atoms with Gasteiger partial charge in [-0.3, -0.25) is 24.6 Å². The monoisotopic (exact) mass is 549 g/mol. The molecule has 1 spiro atoms. The van der Waals surface area contributed by atoms with E-state index in [-0.39, 0.29) is 23.4 Å². The van der Waals surface area contributed by atoms with Crippen molar-refractivity contribution < 1.29 is 18.9 Å². The van der Waals surface area contributed by atoms with Crippen molar-refractivity contribution in [1.29, 1.82) is 0 Å². The van der Waals surface area contributed by atoms with Crippen molar-refractivity contribution in [2.45, 2.75) is 30.3 Å². The minimum absolute atomic E-state index is 0.0648. The van der Waals surface area contributed by atoms with Crippen molar-refractivity contribution >= 4 is 39.0 Å². The van der Waals surface area contributed by atoms with Gasteiger partial charge in [-0.2, -0.15) is 0 Å². The molecule has 9 heteroatoms. The molecule has 3 unspecified atom stereocenters. The molecule has 4 atom stereocenters. The highest BCUT2D eigenvalue weighted by atomic mass is 79.9. The van der Waals surface area contributed by atoms with E-state index in [4.69, 9.17) is 0 Å². The molecule has 1 N–H and O–H groups in total. The highest BCUT2D eigenvalue weighted by molar-refractivity contribution is 9.10. The largest absolute Gasteiger partial charge is 0.324 e. The van der Waals surface area contributed by atoms with Gasteiger partial charge in [-0.05, 0) is 67.4 Å². The number of nitrogens with zero attached hydrogens (tertiary/aromatic N) is 2. The minimum atomic E-state index is -1.29. The first kappa shape index (κ1) is 23.0. The van der Waals surface area contributed by atoms with Gasteiger partial charge in [0.1, 0.15) is 11.4 Å². The summed E-state index contributed by atoms with van der Waals surface area (Å²) >= 11 is 3.52. The highest BCUT2D eigenvalue weighted by Gasteiger charge is 2.69. The topological polar surface area (TPSA) is 92.5 Å². The number of carbonyl (C=O) groups excluding carboxylic acids is 2. The zero-order valence-electron chi connectivity index (χ0n) is 19.0. The quantitative estimate of drug-likeness (QED) is 0.267. The van der Waals surface area contributed by atoms with E-state index < -0.39 is 28.1 Å². The molecule has 2 saturated heterocycles. The van der Waals surface area contributed by atoms with Gasteiger partial charge >= 0.3 is 0 Å². The summed E-state index contributed by atoms with van der Waals surface area (Å²) in [4.78, 5) is 41.6. The Morgan fingerprint density at radius 3 is 2.67 bits per heavy atom. The molecule has 1 amide bonds. The molecule has 2 fully saturated rings. The van der Waals surface area contributed by atoms with Gasteiger partial charge in [0.15, 0.2) is 5.78 Å². The van der Waals surface area contributed by atoms with Gasteiger partial charge < -0.3 is 5.32 Å². The average molecular weight is 550 g/mol. The molecule has 0 saturated carbocycles. The number of halogens is 2. The van der Waals surface area contributed by atoms with E-state index in [0.29, 0.717) is 28.9 Å². The molecule has 0 radical (unpaired) electrons. The van der Waals surface area contributed by atoms with Crippen LogP contribution in [0, 0.1) is 21.8 Å². The van der Waals surface area contributed by atoms with Gasteiger partial charge in [-0.25, -0.2) is 4.39 Å². The number of benzene rings is 3. The number of rotatable bonds is 4. The van der Waals surface area contributed by atoms with Crippen LogP contribution in [0.3, 0.4) is 0 Å². The smallest absolute Gasteiger partial charge is 0.269 e. The Morgan fingerprint density at radius 1 is 1.14 bits per heavy atom. The molecule has 0 aromatic heterocycles. The Labute approximate surface area is 214 Å². The van der Waals surface area contributed by atoms with E-state index in [0.717, 1.165) is 17.3 Å². The molecule has 3 aromatic carbocycles. The summed E-state index contributed by atoms with van der Waals surface area (Å²) in [6.07, 6.45) is 1.59. The number of hydrogen-bond donors (Lipinski definition) is 1. The average Bonchev–Trinajstić information content (AvgIpc) is 3.52. The lowest BCUT2D eigenvalue weighted by Crippen LogP contribution is -2.52. The maximum Gasteiger partial charge on any atom is 0.269 e. The Kier molecular flexibility index (Phi) is 5.31. The van der Waals surface area contributed by atoms with Crippen LogP contribution in [-0.2, 0) is 10.3 Å². The summed E-state index contributed by atoms with van der Waals surface area (Å²) in [7, 11) is 0. The molecule has 6 rings (SSSR count). The Bertz CT molecular complexity index is 1430. The molecule has 36 heavy (non-hydrogen) atoms. The van der Waals surface area contributed by atoms with Gasteiger partial charge in [-0.15, -0.1) is 0 Å². The molecule has 3 aromatic rings. The van der Waals surface area contributed by atoms with E-state index in [9.17, 15) is 24.1 Å². The predicted molar refractivity (Wildman–Crippen MR) is 134 cm³/mol. The zero-order valence-corrected chi connectivity index (χ0v) is 20.6. The number of amides is 1. The lowest BCUT2D eigenvalue weighted by atomic mass is 9.68. The third-order valence-corrected chi connectivity index (χ3v) is 8.33. The molecule has 182 valence electrons. The number of nitro groups is 1. The van der Waals surface area contributed by atoms with Crippen LogP contribution in [-0.4, -0.2) is 34.1 Å². The van der Waals surface area contributed by atoms with Gasteiger partial charge in [0.05, 0.1) is 10.8 Å². The van der Waals surface area contributed by atoms with Crippen LogP contribution in [0.4, 0.5) is 15.8 Å². The van der Waals surface area contributed by atoms with Crippen LogP contribution < -0.4 is 5.32 Å². The maximum absolute atomic E-state index is 14.3. The summed E-state index contributed by atoms with van der Waals surface area (Å²) in [5.41, 5.74) is 0.946. The minimum Gasteiger partial charge on any atom is -0.324 e. The molecule has 0 aliphatic carbocycles. The molecular formula is C27H21BrFN3O4. The number of nitro benzene ring substituents is 1. The number of hydrogen-bond acceptors (Lipinski definition) is 5. The maximum atomic E-state index is 14.3. The van der Waals surface area contributed by atoms with Crippen molar-refractivity contribution in [3.8, 4) is 0 Å². The Hall–Kier alpha value is -3.43. The van der Waals surface area contributed by atoms with Crippen molar-refractivity contribution in [3.05, 3.63) is 104 Å². The van der Waals surface area contributed by atoms with E-state index >= 15 is 0 Å². The number of ketones is 1. The fraction of sp³-hybridized carbons (Fsp3) is 0.259. The first-order chi connectivity index (χ1) is 17.3. The number of Topliss-reactive ketones (excluding diaryl/α,β-unsaturated/α-hetero) is 1. The summed E-state index contributed by atoms with van der Waals surface area (Å²) < 4.78 is 14.5. The number of carbonyl (C=O) groups is 2. The van der Waals surface area contributed by atoms with Crippen molar-refractivity contribution in [2.24, 2.45) is 5.92 Å². The third kappa shape index (κ3) is 3.19. The third-order valence-electron chi connectivity index (χ3n) is 7.84. The molecule has 3 heterocycles. The Morgan fingerprint density at radius 2 is 1.92 bits per heavy atom. The van der Waals surface area contributed by atoms with Gasteiger partial charge in [0.25, 0.3) is 5.69 Å². The van der Waals surface area contributed by atoms with Crippen molar-refractivity contribution in [2.75, 3.05) is 11.9 Å². The molecule has 3 aliphatic rings. The summed E-state index contributed by atoms with van der Waals surface area (Å²) in [6, 6.07) is 17.1. The Balaban J connectivity index is 1.62. The number of anilines is 1. The normalized spacial score (nSPS) is 26.6. The van der Waals surface area contributed by atoms with E-state index in [1.807, 2.05) is 18.2 Å².